The summed E-state index contributed by atoms with van der Waals surface area (Å²) in [5, 5.41) is 12.6. The Kier molecular flexibility index (Phi) is 5.68. The van der Waals surface area contributed by atoms with E-state index >= 15 is 0 Å². The molecule has 0 unspecified atom stereocenters. The molecule has 6 nitrogen and oxygen atoms in total. The van der Waals surface area contributed by atoms with Crippen LogP contribution in [0.5, 0.6) is 0 Å². The fourth-order valence-corrected chi connectivity index (χ4v) is 2.61. The topological polar surface area (TPSA) is 83.6 Å². The SMILES string of the molecule is Cc1noc(C)c1CC(=O)N1C[C@@H](C(F)(F)F)[C@H](C(=O)O)C1.Cl. The fourth-order valence-electron chi connectivity index (χ4n) is 2.61. The molecule has 1 aliphatic rings. The van der Waals surface area contributed by atoms with Crippen LogP contribution in [0.2, 0.25) is 0 Å². The fraction of sp³-hybridized carbons (Fsp3) is 0.615. The number of nitrogens with zero attached hydrogens (tertiary/aromatic N) is 2. The molecule has 23 heavy (non-hydrogen) atoms. The monoisotopic (exact) mass is 356 g/mol. The van der Waals surface area contributed by atoms with E-state index in [2.05, 4.69) is 5.16 Å². The van der Waals surface area contributed by atoms with Crippen LogP contribution in [0.4, 0.5) is 13.2 Å². The van der Waals surface area contributed by atoms with Crippen molar-refractivity contribution in [3.05, 3.63) is 17.0 Å². The van der Waals surface area contributed by atoms with Gasteiger partial charge in [0.15, 0.2) is 0 Å². The number of aryl methyl sites for hydroxylation is 2. The van der Waals surface area contributed by atoms with Gasteiger partial charge in [0.25, 0.3) is 0 Å². The molecule has 2 atom stereocenters. The Labute approximate surface area is 136 Å². The van der Waals surface area contributed by atoms with Gasteiger partial charge >= 0.3 is 12.1 Å². The number of rotatable bonds is 3. The summed E-state index contributed by atoms with van der Waals surface area (Å²) in [6, 6.07) is 0. The second-order valence-corrected chi connectivity index (χ2v) is 5.37. The average molecular weight is 357 g/mol. The predicted octanol–water partition coefficient (Wildman–Crippen LogP) is 1.98. The number of carboxylic acids is 1. The summed E-state index contributed by atoms with van der Waals surface area (Å²) < 4.78 is 43.6. The van der Waals surface area contributed by atoms with Crippen LogP contribution in [0.15, 0.2) is 4.52 Å². The standard InChI is InChI=1S/C13H15F3N2O4.ClH/c1-6-8(7(2)22-17-6)3-11(19)18-4-9(12(20)21)10(5-18)13(14,15)16;/h9-10H,3-5H2,1-2H3,(H,20,21);1H/t9-,10-;/m1./s1. The van der Waals surface area contributed by atoms with Gasteiger partial charge in [0.1, 0.15) is 5.76 Å². The van der Waals surface area contributed by atoms with E-state index in [9.17, 15) is 22.8 Å². The highest BCUT2D eigenvalue weighted by atomic mass is 35.5. The van der Waals surface area contributed by atoms with Crippen LogP contribution in [0.3, 0.4) is 0 Å². The number of halogens is 4. The first kappa shape index (κ1) is 19.3. The van der Waals surface area contributed by atoms with Crippen molar-refractivity contribution < 1.29 is 32.4 Å². The number of alkyl halides is 3. The molecule has 0 aromatic carbocycles. The number of hydrogen-bond acceptors (Lipinski definition) is 4. The van der Waals surface area contributed by atoms with Crippen LogP contribution >= 0.6 is 12.4 Å². The van der Waals surface area contributed by atoms with E-state index in [0.717, 1.165) is 4.90 Å². The molecule has 1 N–H and O–H groups in total. The van der Waals surface area contributed by atoms with E-state index in [-0.39, 0.29) is 18.8 Å². The summed E-state index contributed by atoms with van der Waals surface area (Å²) in [6.45, 7) is 2.15. The van der Waals surface area contributed by atoms with Gasteiger partial charge in [-0.15, -0.1) is 12.4 Å². The molecule has 1 amide bonds. The van der Waals surface area contributed by atoms with Crippen molar-refractivity contribution in [2.75, 3.05) is 13.1 Å². The van der Waals surface area contributed by atoms with Crippen LogP contribution in [0, 0.1) is 25.7 Å². The number of carbonyl (C=O) groups is 2. The zero-order valence-electron chi connectivity index (χ0n) is 12.4. The summed E-state index contributed by atoms with van der Waals surface area (Å²) in [5.74, 6) is -5.36. The molecule has 1 aliphatic heterocycles. The third-order valence-corrected chi connectivity index (χ3v) is 3.92. The Morgan fingerprint density at radius 3 is 2.35 bits per heavy atom. The summed E-state index contributed by atoms with van der Waals surface area (Å²) in [4.78, 5) is 24.1. The molecule has 10 heteroatoms. The lowest BCUT2D eigenvalue weighted by molar-refractivity contribution is -0.188. The highest BCUT2D eigenvalue weighted by Gasteiger charge is 2.53. The van der Waals surface area contributed by atoms with E-state index in [1.807, 2.05) is 0 Å². The number of amides is 1. The average Bonchev–Trinajstić information content (AvgIpc) is 2.97. The molecule has 0 saturated carbocycles. The van der Waals surface area contributed by atoms with Gasteiger partial charge in [0.05, 0.1) is 24.0 Å². The van der Waals surface area contributed by atoms with E-state index in [1.54, 1.807) is 13.8 Å². The van der Waals surface area contributed by atoms with Crippen molar-refractivity contribution in [1.82, 2.24) is 10.1 Å². The molecular formula is C13H16ClF3N2O4. The highest BCUT2D eigenvalue weighted by molar-refractivity contribution is 5.85. The van der Waals surface area contributed by atoms with Crippen molar-refractivity contribution in [3.8, 4) is 0 Å². The van der Waals surface area contributed by atoms with Gasteiger partial charge in [-0.25, -0.2) is 0 Å². The number of carboxylic acid groups (broad SMARTS) is 1. The van der Waals surface area contributed by atoms with Crippen LogP contribution in [0.25, 0.3) is 0 Å². The quantitative estimate of drug-likeness (QED) is 0.895. The van der Waals surface area contributed by atoms with Gasteiger partial charge in [0.2, 0.25) is 5.91 Å². The van der Waals surface area contributed by atoms with Gasteiger partial charge < -0.3 is 14.5 Å². The molecular weight excluding hydrogens is 341 g/mol. The lowest BCUT2D eigenvalue weighted by Crippen LogP contribution is -2.34. The molecule has 0 bridgehead atoms. The van der Waals surface area contributed by atoms with Crippen molar-refractivity contribution >= 4 is 24.3 Å². The molecule has 1 aromatic heterocycles. The van der Waals surface area contributed by atoms with E-state index < -0.39 is 43.0 Å². The minimum absolute atomic E-state index is 0. The van der Waals surface area contributed by atoms with Gasteiger partial charge in [-0.2, -0.15) is 13.2 Å². The van der Waals surface area contributed by atoms with Crippen LogP contribution in [-0.2, 0) is 16.0 Å². The Hall–Kier alpha value is -1.77. The van der Waals surface area contributed by atoms with Gasteiger partial charge in [-0.05, 0) is 13.8 Å². The van der Waals surface area contributed by atoms with E-state index in [1.165, 1.54) is 0 Å². The van der Waals surface area contributed by atoms with Gasteiger partial charge in [-0.3, -0.25) is 9.59 Å². The maximum absolute atomic E-state index is 12.9. The van der Waals surface area contributed by atoms with Crippen molar-refractivity contribution in [3.63, 3.8) is 0 Å². The number of carbonyl (C=O) groups excluding carboxylic acids is 1. The molecule has 0 radical (unpaired) electrons. The molecule has 1 saturated heterocycles. The number of aliphatic carboxylic acids is 1. The van der Waals surface area contributed by atoms with Crippen molar-refractivity contribution in [2.45, 2.75) is 26.4 Å². The Balaban J connectivity index is 0.00000264. The normalized spacial score (nSPS) is 21.2. The Morgan fingerprint density at radius 1 is 1.35 bits per heavy atom. The largest absolute Gasteiger partial charge is 0.481 e. The second-order valence-electron chi connectivity index (χ2n) is 5.37. The summed E-state index contributed by atoms with van der Waals surface area (Å²) in [6.07, 6.45) is -4.81. The van der Waals surface area contributed by atoms with Crippen LogP contribution in [0.1, 0.15) is 17.0 Å². The maximum atomic E-state index is 12.9. The lowest BCUT2D eigenvalue weighted by atomic mass is 9.96. The smallest absolute Gasteiger partial charge is 0.394 e. The second kappa shape index (κ2) is 6.77. The van der Waals surface area contributed by atoms with E-state index in [0.29, 0.717) is 17.0 Å². The molecule has 130 valence electrons. The first-order valence-electron chi connectivity index (χ1n) is 6.60. The molecule has 1 aromatic rings. The van der Waals surface area contributed by atoms with Crippen LogP contribution < -0.4 is 0 Å². The zero-order valence-corrected chi connectivity index (χ0v) is 13.2. The predicted molar refractivity (Wildman–Crippen MR) is 74.2 cm³/mol. The third kappa shape index (κ3) is 3.95. The molecule has 0 aliphatic carbocycles. The summed E-state index contributed by atoms with van der Waals surface area (Å²) in [7, 11) is 0. The van der Waals surface area contributed by atoms with Gasteiger partial charge in [-0.1, -0.05) is 5.16 Å². The number of hydrogen-bond donors (Lipinski definition) is 1. The number of likely N-dealkylation sites (tertiary alicyclic amines) is 1. The summed E-state index contributed by atoms with van der Waals surface area (Å²) >= 11 is 0. The molecule has 2 rings (SSSR count). The van der Waals surface area contributed by atoms with E-state index in [4.69, 9.17) is 9.63 Å². The highest BCUT2D eigenvalue weighted by Crippen LogP contribution is 2.38. The molecule has 1 fully saturated rings. The Morgan fingerprint density at radius 2 is 1.96 bits per heavy atom. The third-order valence-electron chi connectivity index (χ3n) is 3.92. The van der Waals surface area contributed by atoms with Crippen molar-refractivity contribution in [2.24, 2.45) is 11.8 Å². The maximum Gasteiger partial charge on any atom is 0.394 e. The first-order chi connectivity index (χ1) is 10.1. The minimum atomic E-state index is -4.65. The number of aromatic nitrogens is 1. The van der Waals surface area contributed by atoms with Crippen LogP contribution in [-0.4, -0.2) is 46.3 Å². The minimum Gasteiger partial charge on any atom is -0.481 e. The Bertz CT molecular complexity index is 583. The first-order valence-corrected chi connectivity index (χ1v) is 6.60. The zero-order chi connectivity index (χ0) is 16.7. The van der Waals surface area contributed by atoms with Gasteiger partial charge in [0, 0.05) is 18.7 Å². The molecule has 2 heterocycles. The van der Waals surface area contributed by atoms with Crippen molar-refractivity contribution in [1.29, 1.82) is 0 Å². The lowest BCUT2D eigenvalue weighted by Gasteiger charge is -2.18. The molecule has 0 spiro atoms. The summed E-state index contributed by atoms with van der Waals surface area (Å²) in [5.41, 5.74) is 1.01.